The summed E-state index contributed by atoms with van der Waals surface area (Å²) in [5.74, 6) is 5.18. The Balaban J connectivity index is 1.43. The Kier molecular flexibility index (Phi) is 3.48. The molecule has 3 rings (SSSR count). The molecule has 1 aromatic heterocycles. The molecule has 3 atom stereocenters. The predicted molar refractivity (Wildman–Crippen MR) is 72.4 cm³/mol. The summed E-state index contributed by atoms with van der Waals surface area (Å²) >= 11 is 2.10. The number of nitrogens with one attached hydrogen (secondary N) is 1. The van der Waals surface area contributed by atoms with Crippen LogP contribution in [-0.4, -0.2) is 17.5 Å². The number of furan rings is 1. The first-order valence-corrected chi connectivity index (χ1v) is 7.79. The molecule has 0 amide bonds. The lowest BCUT2D eigenvalue weighted by Gasteiger charge is -2.08. The number of thioether (sulfide) groups is 1. The molecule has 0 aromatic carbocycles. The van der Waals surface area contributed by atoms with Crippen LogP contribution in [0.3, 0.4) is 0 Å². The molecule has 0 radical (unpaired) electrons. The van der Waals surface area contributed by atoms with E-state index in [1.54, 1.807) is 0 Å². The van der Waals surface area contributed by atoms with Gasteiger partial charge in [0.2, 0.25) is 0 Å². The van der Waals surface area contributed by atoms with Crippen molar-refractivity contribution in [2.75, 3.05) is 12.3 Å². The lowest BCUT2D eigenvalue weighted by Crippen LogP contribution is -2.22. The van der Waals surface area contributed by atoms with E-state index in [2.05, 4.69) is 36.1 Å². The standard InChI is InChI=1S/C14H21NOS/c1-10-7-13(10)14-5-4-11(16-14)8-15-9-12-3-2-6-17-12/h4-5,10,12-13,15H,2-3,6-9H2,1H3. The van der Waals surface area contributed by atoms with Gasteiger partial charge in [-0.2, -0.15) is 11.8 Å². The Morgan fingerprint density at radius 1 is 1.47 bits per heavy atom. The van der Waals surface area contributed by atoms with Crippen LogP contribution in [0.2, 0.25) is 0 Å². The van der Waals surface area contributed by atoms with Crippen molar-refractivity contribution in [3.63, 3.8) is 0 Å². The van der Waals surface area contributed by atoms with Crippen LogP contribution in [0, 0.1) is 5.92 Å². The summed E-state index contributed by atoms with van der Waals surface area (Å²) in [6.07, 6.45) is 4.07. The van der Waals surface area contributed by atoms with E-state index in [1.807, 2.05) is 0 Å². The highest BCUT2D eigenvalue weighted by Crippen LogP contribution is 2.47. The van der Waals surface area contributed by atoms with Crippen molar-refractivity contribution in [3.05, 3.63) is 23.7 Å². The van der Waals surface area contributed by atoms with Crippen molar-refractivity contribution < 1.29 is 4.42 Å². The first kappa shape index (κ1) is 11.7. The zero-order valence-electron chi connectivity index (χ0n) is 10.4. The SMILES string of the molecule is CC1CC1c1ccc(CNCC2CCCS2)o1. The van der Waals surface area contributed by atoms with Crippen LogP contribution in [0.5, 0.6) is 0 Å². The molecule has 3 heteroatoms. The van der Waals surface area contributed by atoms with Crippen LogP contribution < -0.4 is 5.32 Å². The van der Waals surface area contributed by atoms with Gasteiger partial charge in [-0.25, -0.2) is 0 Å². The monoisotopic (exact) mass is 251 g/mol. The first-order chi connectivity index (χ1) is 8.33. The molecule has 1 N–H and O–H groups in total. The lowest BCUT2D eigenvalue weighted by atomic mass is 10.2. The number of hydrogen-bond acceptors (Lipinski definition) is 3. The first-order valence-electron chi connectivity index (χ1n) is 6.74. The van der Waals surface area contributed by atoms with Crippen LogP contribution in [0.1, 0.15) is 43.6 Å². The molecule has 0 bridgehead atoms. The van der Waals surface area contributed by atoms with Crippen LogP contribution in [0.4, 0.5) is 0 Å². The third-order valence-corrected chi connectivity index (χ3v) is 5.25. The van der Waals surface area contributed by atoms with Crippen molar-refractivity contribution in [1.82, 2.24) is 5.32 Å². The maximum atomic E-state index is 5.87. The van der Waals surface area contributed by atoms with Gasteiger partial charge in [0.1, 0.15) is 11.5 Å². The van der Waals surface area contributed by atoms with Gasteiger partial charge < -0.3 is 9.73 Å². The van der Waals surface area contributed by atoms with Crippen LogP contribution in [0.25, 0.3) is 0 Å². The van der Waals surface area contributed by atoms with Crippen LogP contribution in [0.15, 0.2) is 16.5 Å². The van der Waals surface area contributed by atoms with Crippen LogP contribution >= 0.6 is 11.8 Å². The Morgan fingerprint density at radius 3 is 3.06 bits per heavy atom. The summed E-state index contributed by atoms with van der Waals surface area (Å²) in [5.41, 5.74) is 0. The second-order valence-corrected chi connectivity index (χ2v) is 6.80. The van der Waals surface area contributed by atoms with Gasteiger partial charge in [0.15, 0.2) is 0 Å². The molecule has 94 valence electrons. The van der Waals surface area contributed by atoms with Gasteiger partial charge >= 0.3 is 0 Å². The molecule has 1 aliphatic carbocycles. The third kappa shape index (κ3) is 2.89. The highest BCUT2D eigenvalue weighted by atomic mass is 32.2. The van der Waals surface area contributed by atoms with Gasteiger partial charge in [-0.15, -0.1) is 0 Å². The van der Waals surface area contributed by atoms with Crippen LogP contribution in [-0.2, 0) is 6.54 Å². The summed E-state index contributed by atoms with van der Waals surface area (Å²) in [6.45, 7) is 4.31. The van der Waals surface area contributed by atoms with E-state index < -0.39 is 0 Å². The third-order valence-electron chi connectivity index (χ3n) is 3.85. The van der Waals surface area contributed by atoms with Crippen molar-refractivity contribution in [2.24, 2.45) is 5.92 Å². The fourth-order valence-corrected chi connectivity index (χ4v) is 3.80. The van der Waals surface area contributed by atoms with Crippen molar-refractivity contribution in [2.45, 2.75) is 43.9 Å². The van der Waals surface area contributed by atoms with Gasteiger partial charge in [-0.3, -0.25) is 0 Å². The van der Waals surface area contributed by atoms with E-state index in [-0.39, 0.29) is 0 Å². The minimum atomic E-state index is 0.703. The van der Waals surface area contributed by atoms with E-state index in [9.17, 15) is 0 Å². The number of rotatable bonds is 5. The summed E-state index contributed by atoms with van der Waals surface area (Å²) in [4.78, 5) is 0. The number of hydrogen-bond donors (Lipinski definition) is 1. The van der Waals surface area contributed by atoms with Gasteiger partial charge in [-0.05, 0) is 43.1 Å². The molecule has 1 aliphatic heterocycles. The second-order valence-electron chi connectivity index (χ2n) is 5.39. The minimum Gasteiger partial charge on any atom is -0.464 e. The molecule has 17 heavy (non-hydrogen) atoms. The van der Waals surface area contributed by atoms with Crippen molar-refractivity contribution in [1.29, 1.82) is 0 Å². The highest BCUT2D eigenvalue weighted by Gasteiger charge is 2.36. The second kappa shape index (κ2) is 5.07. The fourth-order valence-electron chi connectivity index (χ4n) is 2.57. The van der Waals surface area contributed by atoms with Crippen molar-refractivity contribution >= 4 is 11.8 Å². The molecule has 1 aromatic rings. The maximum Gasteiger partial charge on any atom is 0.117 e. The van der Waals surface area contributed by atoms with E-state index >= 15 is 0 Å². The molecule has 2 heterocycles. The fraction of sp³-hybridized carbons (Fsp3) is 0.714. The van der Waals surface area contributed by atoms with E-state index in [4.69, 9.17) is 4.42 Å². The summed E-state index contributed by atoms with van der Waals surface area (Å²) < 4.78 is 5.87. The summed E-state index contributed by atoms with van der Waals surface area (Å²) in [5, 5.41) is 4.34. The Hall–Kier alpha value is -0.410. The molecule has 0 spiro atoms. The molecule has 2 aliphatic rings. The lowest BCUT2D eigenvalue weighted by molar-refractivity contribution is 0.444. The molecular formula is C14H21NOS. The molecule has 1 saturated carbocycles. The molecule has 2 nitrogen and oxygen atoms in total. The Morgan fingerprint density at radius 2 is 2.35 bits per heavy atom. The van der Waals surface area contributed by atoms with E-state index in [0.29, 0.717) is 5.92 Å². The molecule has 1 saturated heterocycles. The Labute approximate surface area is 108 Å². The van der Waals surface area contributed by atoms with E-state index in [0.717, 1.165) is 30.0 Å². The normalized spacial score (nSPS) is 31.9. The highest BCUT2D eigenvalue weighted by molar-refractivity contribution is 8.00. The zero-order valence-corrected chi connectivity index (χ0v) is 11.3. The largest absolute Gasteiger partial charge is 0.464 e. The van der Waals surface area contributed by atoms with Gasteiger partial charge in [-0.1, -0.05) is 6.92 Å². The average molecular weight is 251 g/mol. The zero-order chi connectivity index (χ0) is 11.7. The Bertz CT molecular complexity index is 370. The van der Waals surface area contributed by atoms with Gasteiger partial charge in [0.05, 0.1) is 6.54 Å². The van der Waals surface area contributed by atoms with Crippen molar-refractivity contribution in [3.8, 4) is 0 Å². The minimum absolute atomic E-state index is 0.703. The van der Waals surface area contributed by atoms with Gasteiger partial charge in [0.25, 0.3) is 0 Å². The molecule has 2 fully saturated rings. The summed E-state index contributed by atoms with van der Waals surface area (Å²) in [7, 11) is 0. The van der Waals surface area contributed by atoms with Gasteiger partial charge in [0, 0.05) is 17.7 Å². The molecule has 3 unspecified atom stereocenters. The van der Waals surface area contributed by atoms with E-state index in [1.165, 1.54) is 30.8 Å². The quantitative estimate of drug-likeness (QED) is 0.868. The maximum absolute atomic E-state index is 5.87. The molecular weight excluding hydrogens is 230 g/mol. The summed E-state index contributed by atoms with van der Waals surface area (Å²) in [6, 6.07) is 4.30. The smallest absolute Gasteiger partial charge is 0.117 e. The average Bonchev–Trinajstić information content (AvgIpc) is 2.76. The predicted octanol–water partition coefficient (Wildman–Crippen LogP) is 3.39. The topological polar surface area (TPSA) is 25.2 Å².